The highest BCUT2D eigenvalue weighted by Gasteiger charge is 2.02. The van der Waals surface area contributed by atoms with Gasteiger partial charge in [-0.3, -0.25) is 0 Å². The molecule has 0 aromatic heterocycles. The number of methoxy groups -OCH3 is 1. The first kappa shape index (κ1) is 15.5. The van der Waals surface area contributed by atoms with Crippen LogP contribution in [0.3, 0.4) is 0 Å². The van der Waals surface area contributed by atoms with Crippen molar-refractivity contribution in [3.63, 3.8) is 0 Å². The van der Waals surface area contributed by atoms with Crippen LogP contribution in [0.2, 0.25) is 0 Å². The maximum Gasteiger partial charge on any atom is 0.123 e. The fraction of sp³-hybridized carbons (Fsp3) is 0.333. The van der Waals surface area contributed by atoms with Crippen LogP contribution in [0.5, 0.6) is 5.75 Å². The molecular formula is C18H23NO2. The van der Waals surface area contributed by atoms with Crippen molar-refractivity contribution >= 4 is 0 Å². The lowest BCUT2D eigenvalue weighted by Gasteiger charge is -2.12. The number of nitrogens with one attached hydrogen (secondary N) is 1. The summed E-state index contributed by atoms with van der Waals surface area (Å²) in [5.74, 6) is 0.932. The van der Waals surface area contributed by atoms with Crippen LogP contribution in [0.25, 0.3) is 0 Å². The van der Waals surface area contributed by atoms with Crippen LogP contribution in [0.15, 0.2) is 54.6 Å². The lowest BCUT2D eigenvalue weighted by atomic mass is 10.1. The fourth-order valence-electron chi connectivity index (χ4n) is 2.13. The van der Waals surface area contributed by atoms with E-state index in [0.717, 1.165) is 25.3 Å². The molecule has 0 bridgehead atoms. The monoisotopic (exact) mass is 285 g/mol. The van der Waals surface area contributed by atoms with Gasteiger partial charge in [0.05, 0.1) is 6.61 Å². The van der Waals surface area contributed by atoms with Gasteiger partial charge in [0.15, 0.2) is 0 Å². The normalized spacial score (nSPS) is 10.5. The SMILES string of the molecule is COCCOc1ccccc1CNCCc1ccccc1. The largest absolute Gasteiger partial charge is 0.491 e. The number of para-hydroxylation sites is 1. The fourth-order valence-corrected chi connectivity index (χ4v) is 2.13. The Labute approximate surface area is 126 Å². The first-order chi connectivity index (χ1) is 10.4. The summed E-state index contributed by atoms with van der Waals surface area (Å²) < 4.78 is 10.7. The summed E-state index contributed by atoms with van der Waals surface area (Å²) in [6.07, 6.45) is 1.04. The molecule has 0 atom stereocenters. The number of hydrogen-bond donors (Lipinski definition) is 1. The van der Waals surface area contributed by atoms with Crippen molar-refractivity contribution in [2.75, 3.05) is 26.9 Å². The van der Waals surface area contributed by atoms with Crippen molar-refractivity contribution in [2.45, 2.75) is 13.0 Å². The van der Waals surface area contributed by atoms with Crippen LogP contribution in [0.1, 0.15) is 11.1 Å². The van der Waals surface area contributed by atoms with E-state index >= 15 is 0 Å². The predicted molar refractivity (Wildman–Crippen MR) is 85.7 cm³/mol. The van der Waals surface area contributed by atoms with Crippen molar-refractivity contribution in [1.29, 1.82) is 0 Å². The summed E-state index contributed by atoms with van der Waals surface area (Å²) in [5, 5.41) is 3.47. The van der Waals surface area contributed by atoms with Crippen molar-refractivity contribution in [2.24, 2.45) is 0 Å². The molecule has 21 heavy (non-hydrogen) atoms. The zero-order valence-corrected chi connectivity index (χ0v) is 12.5. The summed E-state index contributed by atoms with van der Waals surface area (Å²) in [6.45, 7) is 2.96. The van der Waals surface area contributed by atoms with Crippen molar-refractivity contribution in [1.82, 2.24) is 5.32 Å². The van der Waals surface area contributed by atoms with Gasteiger partial charge in [0.25, 0.3) is 0 Å². The average Bonchev–Trinajstić information content (AvgIpc) is 2.54. The molecule has 0 heterocycles. The number of hydrogen-bond acceptors (Lipinski definition) is 3. The Hall–Kier alpha value is -1.84. The van der Waals surface area contributed by atoms with Gasteiger partial charge in [0.2, 0.25) is 0 Å². The number of rotatable bonds is 9. The van der Waals surface area contributed by atoms with Crippen LogP contribution in [0.4, 0.5) is 0 Å². The van der Waals surface area contributed by atoms with Gasteiger partial charge in [0.1, 0.15) is 12.4 Å². The van der Waals surface area contributed by atoms with Crippen molar-refractivity contribution in [3.05, 3.63) is 65.7 Å². The van der Waals surface area contributed by atoms with Crippen LogP contribution in [0, 0.1) is 0 Å². The molecule has 0 aliphatic rings. The van der Waals surface area contributed by atoms with E-state index in [0.29, 0.717) is 13.2 Å². The Balaban J connectivity index is 1.77. The molecule has 0 aliphatic heterocycles. The smallest absolute Gasteiger partial charge is 0.123 e. The van der Waals surface area contributed by atoms with Gasteiger partial charge in [-0.2, -0.15) is 0 Å². The van der Waals surface area contributed by atoms with E-state index in [1.165, 1.54) is 11.1 Å². The van der Waals surface area contributed by atoms with E-state index in [1.54, 1.807) is 7.11 Å². The van der Waals surface area contributed by atoms with E-state index in [2.05, 4.69) is 35.6 Å². The van der Waals surface area contributed by atoms with Crippen LogP contribution in [-0.4, -0.2) is 26.9 Å². The Morgan fingerprint density at radius 2 is 1.67 bits per heavy atom. The minimum Gasteiger partial charge on any atom is -0.491 e. The minimum absolute atomic E-state index is 0.581. The highest BCUT2D eigenvalue weighted by molar-refractivity contribution is 5.33. The molecule has 0 aliphatic carbocycles. The standard InChI is InChI=1S/C18H23NO2/c1-20-13-14-21-18-10-6-5-9-17(18)15-19-12-11-16-7-3-2-4-8-16/h2-10,19H,11-15H2,1H3. The Morgan fingerprint density at radius 3 is 2.48 bits per heavy atom. The maximum atomic E-state index is 5.73. The van der Waals surface area contributed by atoms with E-state index in [4.69, 9.17) is 9.47 Å². The summed E-state index contributed by atoms with van der Waals surface area (Å²) in [7, 11) is 1.68. The summed E-state index contributed by atoms with van der Waals surface area (Å²) in [6, 6.07) is 18.6. The van der Waals surface area contributed by atoms with Crippen molar-refractivity contribution in [3.8, 4) is 5.75 Å². The third-order valence-corrected chi connectivity index (χ3v) is 3.27. The topological polar surface area (TPSA) is 30.5 Å². The molecule has 0 amide bonds. The highest BCUT2D eigenvalue weighted by atomic mass is 16.5. The third kappa shape index (κ3) is 5.58. The van der Waals surface area contributed by atoms with Gasteiger partial charge in [0, 0.05) is 19.2 Å². The second-order valence-corrected chi connectivity index (χ2v) is 4.86. The van der Waals surface area contributed by atoms with E-state index in [9.17, 15) is 0 Å². The lowest BCUT2D eigenvalue weighted by molar-refractivity contribution is 0.145. The molecule has 2 aromatic rings. The van der Waals surface area contributed by atoms with Crippen molar-refractivity contribution < 1.29 is 9.47 Å². The molecule has 3 nitrogen and oxygen atoms in total. The Morgan fingerprint density at radius 1 is 0.905 bits per heavy atom. The Kier molecular flexibility index (Phi) is 6.78. The average molecular weight is 285 g/mol. The summed E-state index contributed by atoms with van der Waals surface area (Å²) >= 11 is 0. The lowest BCUT2D eigenvalue weighted by Crippen LogP contribution is -2.17. The molecule has 3 heteroatoms. The molecular weight excluding hydrogens is 262 g/mol. The molecule has 0 saturated carbocycles. The van der Waals surface area contributed by atoms with Gasteiger partial charge in [-0.25, -0.2) is 0 Å². The molecule has 112 valence electrons. The highest BCUT2D eigenvalue weighted by Crippen LogP contribution is 2.17. The summed E-state index contributed by atoms with van der Waals surface area (Å²) in [4.78, 5) is 0. The second-order valence-electron chi connectivity index (χ2n) is 4.86. The number of benzene rings is 2. The molecule has 2 aromatic carbocycles. The maximum absolute atomic E-state index is 5.73. The first-order valence-electron chi connectivity index (χ1n) is 7.34. The van der Waals surface area contributed by atoms with Gasteiger partial charge < -0.3 is 14.8 Å². The van der Waals surface area contributed by atoms with E-state index < -0.39 is 0 Å². The molecule has 1 N–H and O–H groups in total. The van der Waals surface area contributed by atoms with Gasteiger partial charge in [-0.1, -0.05) is 48.5 Å². The molecule has 0 saturated heterocycles. The van der Waals surface area contributed by atoms with Crippen LogP contribution < -0.4 is 10.1 Å². The molecule has 0 unspecified atom stereocenters. The van der Waals surface area contributed by atoms with E-state index in [1.807, 2.05) is 24.3 Å². The zero-order valence-electron chi connectivity index (χ0n) is 12.5. The van der Waals surface area contributed by atoms with E-state index in [-0.39, 0.29) is 0 Å². The van der Waals surface area contributed by atoms with Crippen LogP contribution >= 0.6 is 0 Å². The quantitative estimate of drug-likeness (QED) is 0.718. The Bertz CT molecular complexity index is 514. The second kappa shape index (κ2) is 9.16. The molecule has 2 rings (SSSR count). The summed E-state index contributed by atoms with van der Waals surface area (Å²) in [5.41, 5.74) is 2.54. The third-order valence-electron chi connectivity index (χ3n) is 3.27. The van der Waals surface area contributed by atoms with Crippen LogP contribution in [-0.2, 0) is 17.7 Å². The van der Waals surface area contributed by atoms with Gasteiger partial charge in [-0.15, -0.1) is 0 Å². The van der Waals surface area contributed by atoms with Gasteiger partial charge >= 0.3 is 0 Å². The zero-order chi connectivity index (χ0) is 14.8. The van der Waals surface area contributed by atoms with Gasteiger partial charge in [-0.05, 0) is 24.6 Å². The number of ether oxygens (including phenoxy) is 2. The molecule has 0 fully saturated rings. The molecule has 0 spiro atoms. The molecule has 0 radical (unpaired) electrons. The minimum atomic E-state index is 0.581. The first-order valence-corrected chi connectivity index (χ1v) is 7.34. The predicted octanol–water partition coefficient (Wildman–Crippen LogP) is 3.04.